The van der Waals surface area contributed by atoms with Gasteiger partial charge in [-0.3, -0.25) is 4.79 Å². The molecule has 30 heavy (non-hydrogen) atoms. The van der Waals surface area contributed by atoms with Crippen LogP contribution in [-0.2, 0) is 16.2 Å². The molecule has 0 bridgehead atoms. The summed E-state index contributed by atoms with van der Waals surface area (Å²) in [6.07, 6.45) is 0.486. The van der Waals surface area contributed by atoms with Crippen molar-refractivity contribution in [2.75, 3.05) is 18.0 Å². The second-order valence-corrected chi connectivity index (χ2v) is 8.99. The lowest BCUT2D eigenvalue weighted by molar-refractivity contribution is -0.137. The van der Waals surface area contributed by atoms with E-state index in [9.17, 15) is 26.4 Å². The van der Waals surface area contributed by atoms with Gasteiger partial charge in [-0.15, -0.1) is 0 Å². The van der Waals surface area contributed by atoms with Gasteiger partial charge in [-0.25, -0.2) is 18.1 Å². The van der Waals surface area contributed by atoms with Gasteiger partial charge in [0.05, 0.1) is 11.1 Å². The number of anilines is 1. The fourth-order valence-electron chi connectivity index (χ4n) is 3.20. The molecule has 1 aromatic carbocycles. The largest absolute Gasteiger partial charge is 0.417 e. The van der Waals surface area contributed by atoms with Gasteiger partial charge in [0.25, 0.3) is 15.9 Å². The molecular formula is C19H19ClF3N3O3S. The predicted molar refractivity (Wildman–Crippen MR) is 106 cm³/mol. The molecule has 1 aromatic heterocycles. The molecule has 3 rings (SSSR count). The number of alkyl halides is 3. The Morgan fingerprint density at radius 2 is 1.73 bits per heavy atom. The van der Waals surface area contributed by atoms with E-state index in [1.165, 1.54) is 12.1 Å². The summed E-state index contributed by atoms with van der Waals surface area (Å²) in [5, 5.41) is -0.227. The average molecular weight is 462 g/mol. The van der Waals surface area contributed by atoms with Crippen LogP contribution in [0.15, 0.2) is 41.4 Å². The highest BCUT2D eigenvalue weighted by Gasteiger charge is 2.36. The lowest BCUT2D eigenvalue weighted by Gasteiger charge is -2.21. The normalized spacial score (nSPS) is 15.5. The smallest absolute Gasteiger partial charge is 0.357 e. The van der Waals surface area contributed by atoms with Crippen molar-refractivity contribution in [2.24, 2.45) is 0 Å². The number of benzene rings is 1. The number of halogens is 4. The molecular weight excluding hydrogens is 443 g/mol. The van der Waals surface area contributed by atoms with Crippen LogP contribution in [0.3, 0.4) is 0 Å². The lowest BCUT2D eigenvalue weighted by atomic mass is 10.1. The van der Waals surface area contributed by atoms with Gasteiger partial charge in [0.2, 0.25) is 0 Å². The molecule has 162 valence electrons. The molecule has 0 saturated carbocycles. The molecule has 1 saturated heterocycles. The summed E-state index contributed by atoms with van der Waals surface area (Å²) in [7, 11) is -4.42. The van der Waals surface area contributed by atoms with E-state index in [2.05, 4.69) is 4.98 Å². The van der Waals surface area contributed by atoms with E-state index in [4.69, 9.17) is 11.6 Å². The highest BCUT2D eigenvalue weighted by Crippen LogP contribution is 2.34. The number of carbonyl (C=O) groups excluding carboxylic acids is 1. The second kappa shape index (κ2) is 8.81. The van der Waals surface area contributed by atoms with Gasteiger partial charge in [0.15, 0.2) is 0 Å². The van der Waals surface area contributed by atoms with E-state index < -0.39 is 33.2 Å². The van der Waals surface area contributed by atoms with Crippen molar-refractivity contribution in [3.63, 3.8) is 0 Å². The Kier molecular flexibility index (Phi) is 6.56. The maximum atomic E-state index is 13.2. The third kappa shape index (κ3) is 5.23. The Morgan fingerprint density at radius 3 is 2.30 bits per heavy atom. The number of hydrogen-bond donors (Lipinski definition) is 1. The van der Waals surface area contributed by atoms with Crippen molar-refractivity contribution in [2.45, 2.75) is 36.8 Å². The minimum absolute atomic E-state index is 0.227. The van der Waals surface area contributed by atoms with Crippen molar-refractivity contribution in [3.05, 3.63) is 52.7 Å². The molecule has 0 aliphatic carbocycles. The Hall–Kier alpha value is -2.33. The molecule has 0 spiro atoms. The Morgan fingerprint density at radius 1 is 1.07 bits per heavy atom. The molecule has 6 nitrogen and oxygen atoms in total. The third-order valence-electron chi connectivity index (χ3n) is 4.72. The summed E-state index contributed by atoms with van der Waals surface area (Å²) < 4.78 is 66.2. The van der Waals surface area contributed by atoms with Gasteiger partial charge in [0.1, 0.15) is 10.7 Å². The second-order valence-electron chi connectivity index (χ2n) is 6.88. The van der Waals surface area contributed by atoms with E-state index in [0.717, 1.165) is 57.1 Å². The van der Waals surface area contributed by atoms with E-state index in [-0.39, 0.29) is 9.92 Å². The van der Waals surface area contributed by atoms with Crippen LogP contribution < -0.4 is 9.62 Å². The zero-order valence-electron chi connectivity index (χ0n) is 15.7. The van der Waals surface area contributed by atoms with Crippen molar-refractivity contribution in [1.82, 2.24) is 9.71 Å². The molecule has 1 aliphatic rings. The Bertz CT molecular complexity index is 1020. The van der Waals surface area contributed by atoms with Gasteiger partial charge < -0.3 is 4.90 Å². The van der Waals surface area contributed by atoms with Crippen LogP contribution in [0.1, 0.15) is 41.6 Å². The SMILES string of the molecule is O=C(NS(=O)(=O)c1ccc(N2CCCCCC2)nc1)c1ccc(Cl)cc1C(F)(F)F. The molecule has 0 radical (unpaired) electrons. The van der Waals surface area contributed by atoms with Gasteiger partial charge in [-0.2, -0.15) is 13.2 Å². The van der Waals surface area contributed by atoms with Gasteiger partial charge in [0, 0.05) is 24.3 Å². The van der Waals surface area contributed by atoms with Crippen LogP contribution in [0.4, 0.5) is 19.0 Å². The van der Waals surface area contributed by atoms with Crippen LogP contribution in [0.5, 0.6) is 0 Å². The Labute approximate surface area is 177 Å². The first-order valence-corrected chi connectivity index (χ1v) is 11.1. The number of carbonyl (C=O) groups is 1. The van der Waals surface area contributed by atoms with Gasteiger partial charge >= 0.3 is 6.18 Å². The lowest BCUT2D eigenvalue weighted by Crippen LogP contribution is -2.32. The first-order chi connectivity index (χ1) is 14.1. The minimum Gasteiger partial charge on any atom is -0.357 e. The van der Waals surface area contributed by atoms with Crippen molar-refractivity contribution >= 4 is 33.3 Å². The first kappa shape index (κ1) is 22.4. The molecule has 2 aromatic rings. The fraction of sp³-hybridized carbons (Fsp3) is 0.368. The van der Waals surface area contributed by atoms with E-state index >= 15 is 0 Å². The molecule has 1 fully saturated rings. The maximum Gasteiger partial charge on any atom is 0.417 e. The number of sulfonamides is 1. The topological polar surface area (TPSA) is 79.4 Å². The molecule has 1 aliphatic heterocycles. The summed E-state index contributed by atoms with van der Waals surface area (Å²) in [5.41, 5.74) is -2.16. The van der Waals surface area contributed by atoms with Crippen LogP contribution in [0.25, 0.3) is 0 Å². The molecule has 1 amide bonds. The number of nitrogens with one attached hydrogen (secondary N) is 1. The third-order valence-corrected chi connectivity index (χ3v) is 6.27. The highest BCUT2D eigenvalue weighted by molar-refractivity contribution is 7.90. The summed E-state index contributed by atoms with van der Waals surface area (Å²) in [6, 6.07) is 5.27. The molecule has 0 atom stereocenters. The summed E-state index contributed by atoms with van der Waals surface area (Å²) in [6.45, 7) is 1.62. The van der Waals surface area contributed by atoms with Crippen LogP contribution >= 0.6 is 11.6 Å². The fourth-order valence-corrected chi connectivity index (χ4v) is 4.29. The molecule has 11 heteroatoms. The molecule has 0 unspecified atom stereocenters. The van der Waals surface area contributed by atoms with Crippen LogP contribution in [0, 0.1) is 0 Å². The molecule has 1 N–H and O–H groups in total. The quantitative estimate of drug-likeness (QED) is 0.736. The first-order valence-electron chi connectivity index (χ1n) is 9.23. The van der Waals surface area contributed by atoms with Crippen molar-refractivity contribution in [1.29, 1.82) is 0 Å². The summed E-state index contributed by atoms with van der Waals surface area (Å²) >= 11 is 5.58. The Balaban J connectivity index is 1.81. The van der Waals surface area contributed by atoms with Crippen LogP contribution in [-0.4, -0.2) is 32.4 Å². The average Bonchev–Trinajstić information content (AvgIpc) is 2.96. The number of pyridine rings is 1. The number of hydrogen-bond acceptors (Lipinski definition) is 5. The zero-order chi connectivity index (χ0) is 21.9. The molecule has 2 heterocycles. The van der Waals surface area contributed by atoms with Gasteiger partial charge in [-0.05, 0) is 43.2 Å². The number of amides is 1. The van der Waals surface area contributed by atoms with E-state index in [1.807, 2.05) is 4.90 Å². The number of nitrogens with zero attached hydrogens (tertiary/aromatic N) is 2. The predicted octanol–water partition coefficient (Wildman–Crippen LogP) is 4.25. The van der Waals surface area contributed by atoms with Crippen molar-refractivity contribution in [3.8, 4) is 0 Å². The number of aromatic nitrogens is 1. The maximum absolute atomic E-state index is 13.2. The zero-order valence-corrected chi connectivity index (χ0v) is 17.3. The minimum atomic E-state index is -4.88. The monoisotopic (exact) mass is 461 g/mol. The van der Waals surface area contributed by atoms with Crippen molar-refractivity contribution < 1.29 is 26.4 Å². The van der Waals surface area contributed by atoms with E-state index in [0.29, 0.717) is 11.9 Å². The van der Waals surface area contributed by atoms with Crippen LogP contribution in [0.2, 0.25) is 5.02 Å². The highest BCUT2D eigenvalue weighted by atomic mass is 35.5. The summed E-state index contributed by atoms with van der Waals surface area (Å²) in [5.74, 6) is -0.796. The standard InChI is InChI=1S/C19H19ClF3N3O3S/c20-13-5-7-15(16(11-13)19(21,22)23)18(27)25-30(28,29)14-6-8-17(24-12-14)26-9-3-1-2-4-10-26/h5-8,11-12H,1-4,9-10H2,(H,25,27). The van der Waals surface area contributed by atoms with E-state index in [1.54, 1.807) is 4.72 Å². The summed E-state index contributed by atoms with van der Waals surface area (Å²) in [4.78, 5) is 18.2. The number of rotatable bonds is 4. The van der Waals surface area contributed by atoms with Gasteiger partial charge in [-0.1, -0.05) is 24.4 Å².